The van der Waals surface area contributed by atoms with Crippen molar-refractivity contribution in [3.05, 3.63) is 0 Å². The van der Waals surface area contributed by atoms with Gasteiger partial charge in [-0.1, -0.05) is 99.3 Å². The molecule has 0 aromatic carbocycles. The third-order valence-electron chi connectivity index (χ3n) is 14.0. The van der Waals surface area contributed by atoms with Crippen molar-refractivity contribution in [2.75, 3.05) is 26.4 Å². The van der Waals surface area contributed by atoms with Gasteiger partial charge in [0.15, 0.2) is 0 Å². The van der Waals surface area contributed by atoms with Crippen LogP contribution in [0.5, 0.6) is 0 Å². The highest BCUT2D eigenvalue weighted by Gasteiger charge is 2.55. The Morgan fingerprint density at radius 1 is 0.560 bits per heavy atom. The second kappa shape index (κ2) is 22.9. The molecular weight excluding hydrogens is 613 g/mol. The maximum Gasteiger partial charge on any atom is 0.0923 e. The Morgan fingerprint density at radius 2 is 1.12 bits per heavy atom. The van der Waals surface area contributed by atoms with Crippen LogP contribution >= 0.6 is 0 Å². The van der Waals surface area contributed by atoms with Crippen LogP contribution in [0.1, 0.15) is 203 Å². The van der Waals surface area contributed by atoms with Gasteiger partial charge in [0, 0.05) is 26.4 Å². The van der Waals surface area contributed by atoms with Crippen LogP contribution < -0.4 is 0 Å². The maximum absolute atomic E-state index is 5.69. The first-order chi connectivity index (χ1) is 24.3. The SMILES string of the molecule is CCC(C)C1CCC2OC2(C)C1.CCCC1CCC2CC2C1.CCCCC1CCC2CC2C1.CCCCOCC1CC1.CCCOCC1CC1. The van der Waals surface area contributed by atoms with E-state index in [2.05, 4.69) is 48.5 Å². The van der Waals surface area contributed by atoms with E-state index in [9.17, 15) is 0 Å². The Kier molecular flexibility index (Phi) is 19.6. The first-order valence-corrected chi connectivity index (χ1v) is 23.1. The molecule has 0 bridgehead atoms. The van der Waals surface area contributed by atoms with E-state index < -0.39 is 0 Å². The van der Waals surface area contributed by atoms with Crippen LogP contribution in [-0.4, -0.2) is 38.1 Å². The van der Waals surface area contributed by atoms with E-state index in [1.807, 2.05) is 0 Å². The summed E-state index contributed by atoms with van der Waals surface area (Å²) in [6.07, 6.45) is 35.1. The first-order valence-electron chi connectivity index (χ1n) is 23.1. The topological polar surface area (TPSA) is 31.0 Å². The van der Waals surface area contributed by atoms with Crippen molar-refractivity contribution in [2.24, 2.45) is 59.2 Å². The number of hydrogen-bond acceptors (Lipinski definition) is 3. The maximum atomic E-state index is 5.69. The molecule has 8 aliphatic rings. The third-order valence-corrected chi connectivity index (χ3v) is 14.0. The highest BCUT2D eigenvalue weighted by molar-refractivity contribution is 5.04. The van der Waals surface area contributed by atoms with E-state index in [-0.39, 0.29) is 0 Å². The van der Waals surface area contributed by atoms with Crippen molar-refractivity contribution in [2.45, 2.75) is 214 Å². The molecule has 0 radical (unpaired) electrons. The molecule has 8 fully saturated rings. The van der Waals surface area contributed by atoms with Gasteiger partial charge in [-0.3, -0.25) is 0 Å². The number of unbranched alkanes of at least 4 members (excludes halogenated alkanes) is 2. The standard InChI is InChI=1S/C11H20O.C11H20.C10H18.C8H16O.C7H14O/c1-4-8(2)9-5-6-10-11(3,7-9)12-10;1-2-3-4-9-5-6-10-8-11(10)7-9;1-2-3-8-4-5-9-7-10(9)6-8;1-2-3-6-9-7-8-4-5-8;1-2-5-8-6-7-3-4-7/h8-10H,4-7H2,1-3H3;9-11H,2-8H2,1H3;8-10H,2-7H2,1H3;8H,2-7H2,1H3;7H,2-6H2,1H3. The molecule has 0 aromatic rings. The molecule has 294 valence electrons. The van der Waals surface area contributed by atoms with Crippen molar-refractivity contribution in [3.63, 3.8) is 0 Å². The average Bonchev–Trinajstić information content (AvgIpc) is 3.91. The summed E-state index contributed by atoms with van der Waals surface area (Å²) in [4.78, 5) is 0. The molecule has 0 aromatic heterocycles. The van der Waals surface area contributed by atoms with E-state index in [4.69, 9.17) is 14.2 Å². The first kappa shape index (κ1) is 42.6. The molecule has 8 rings (SSSR count). The average molecular weight is 701 g/mol. The molecule has 10 unspecified atom stereocenters. The lowest BCUT2D eigenvalue weighted by atomic mass is 9.75. The molecule has 7 aliphatic carbocycles. The van der Waals surface area contributed by atoms with Crippen molar-refractivity contribution in [3.8, 4) is 0 Å². The molecular formula is C47H88O3. The van der Waals surface area contributed by atoms with E-state index in [1.54, 1.807) is 51.4 Å². The molecule has 1 heterocycles. The van der Waals surface area contributed by atoms with E-state index in [1.165, 1.54) is 120 Å². The van der Waals surface area contributed by atoms with E-state index in [0.29, 0.717) is 11.7 Å². The largest absolute Gasteiger partial charge is 0.381 e. The number of ether oxygens (including phenoxy) is 3. The summed E-state index contributed by atoms with van der Waals surface area (Å²) in [5.41, 5.74) is 0.298. The fourth-order valence-corrected chi connectivity index (χ4v) is 9.42. The van der Waals surface area contributed by atoms with Crippen molar-refractivity contribution in [1.82, 2.24) is 0 Å². The van der Waals surface area contributed by atoms with Crippen LogP contribution in [0.2, 0.25) is 0 Å². The summed E-state index contributed by atoms with van der Waals surface area (Å²) >= 11 is 0. The Morgan fingerprint density at radius 3 is 1.60 bits per heavy atom. The molecule has 0 amide bonds. The summed E-state index contributed by atoms with van der Waals surface area (Å²) in [5.74, 6) is 10.7. The molecule has 3 heteroatoms. The van der Waals surface area contributed by atoms with Crippen LogP contribution in [0.4, 0.5) is 0 Å². The van der Waals surface area contributed by atoms with Gasteiger partial charge in [-0.15, -0.1) is 0 Å². The van der Waals surface area contributed by atoms with Crippen LogP contribution in [0, 0.1) is 59.2 Å². The summed E-state index contributed by atoms with van der Waals surface area (Å²) in [7, 11) is 0. The van der Waals surface area contributed by atoms with Crippen molar-refractivity contribution in [1.29, 1.82) is 0 Å². The summed E-state index contributed by atoms with van der Waals surface area (Å²) in [5, 5.41) is 0. The minimum atomic E-state index is 0.298. The highest BCUT2D eigenvalue weighted by Crippen LogP contribution is 2.53. The Balaban J connectivity index is 0.000000141. The lowest BCUT2D eigenvalue weighted by Gasteiger charge is -2.27. The zero-order chi connectivity index (χ0) is 35.8. The minimum absolute atomic E-state index is 0.298. The van der Waals surface area contributed by atoms with Gasteiger partial charge in [-0.05, 0) is 162 Å². The Hall–Kier alpha value is -0.120. The molecule has 0 N–H and O–H groups in total. The quantitative estimate of drug-likeness (QED) is 0.119. The normalized spacial score (nSPS) is 36.1. The molecule has 7 saturated carbocycles. The van der Waals surface area contributed by atoms with Crippen molar-refractivity contribution >= 4 is 0 Å². The van der Waals surface area contributed by atoms with Gasteiger partial charge in [-0.2, -0.15) is 0 Å². The predicted octanol–water partition coefficient (Wildman–Crippen LogP) is 13.9. The fraction of sp³-hybridized carbons (Fsp3) is 1.00. The van der Waals surface area contributed by atoms with Crippen LogP contribution in [0.15, 0.2) is 0 Å². The molecule has 1 aliphatic heterocycles. The minimum Gasteiger partial charge on any atom is -0.381 e. The van der Waals surface area contributed by atoms with Gasteiger partial charge in [-0.25, -0.2) is 0 Å². The Labute approximate surface area is 313 Å². The molecule has 3 nitrogen and oxygen atoms in total. The zero-order valence-corrected chi connectivity index (χ0v) is 34.9. The number of epoxide rings is 1. The third kappa shape index (κ3) is 16.9. The second-order valence-electron chi connectivity index (χ2n) is 19.0. The van der Waals surface area contributed by atoms with Gasteiger partial charge >= 0.3 is 0 Å². The summed E-state index contributed by atoms with van der Waals surface area (Å²) in [6.45, 7) is 19.9. The summed E-state index contributed by atoms with van der Waals surface area (Å²) < 4.78 is 16.4. The van der Waals surface area contributed by atoms with Crippen LogP contribution in [-0.2, 0) is 14.2 Å². The number of fused-ring (bicyclic) bond motifs is 3. The lowest BCUT2D eigenvalue weighted by Crippen LogP contribution is -2.26. The van der Waals surface area contributed by atoms with Gasteiger partial charge in [0.1, 0.15) is 0 Å². The fourth-order valence-electron chi connectivity index (χ4n) is 9.42. The number of rotatable bonds is 16. The monoisotopic (exact) mass is 701 g/mol. The molecule has 10 atom stereocenters. The predicted molar refractivity (Wildman–Crippen MR) is 215 cm³/mol. The van der Waals surface area contributed by atoms with Crippen LogP contribution in [0.25, 0.3) is 0 Å². The van der Waals surface area contributed by atoms with E-state index >= 15 is 0 Å². The molecule has 1 saturated heterocycles. The molecule has 50 heavy (non-hydrogen) atoms. The highest BCUT2D eigenvalue weighted by atomic mass is 16.6. The smallest absolute Gasteiger partial charge is 0.0923 e. The Bertz CT molecular complexity index is 866. The number of hydrogen-bond donors (Lipinski definition) is 0. The van der Waals surface area contributed by atoms with E-state index in [0.717, 1.165) is 68.4 Å². The van der Waals surface area contributed by atoms with Gasteiger partial charge in [0.25, 0.3) is 0 Å². The molecule has 0 spiro atoms. The van der Waals surface area contributed by atoms with Gasteiger partial charge in [0.05, 0.1) is 11.7 Å². The van der Waals surface area contributed by atoms with Gasteiger partial charge < -0.3 is 14.2 Å². The zero-order valence-electron chi connectivity index (χ0n) is 34.9. The lowest BCUT2D eigenvalue weighted by molar-refractivity contribution is 0.121. The van der Waals surface area contributed by atoms with Crippen molar-refractivity contribution < 1.29 is 14.2 Å². The van der Waals surface area contributed by atoms with Crippen LogP contribution in [0.3, 0.4) is 0 Å². The second-order valence-corrected chi connectivity index (χ2v) is 19.0. The summed E-state index contributed by atoms with van der Waals surface area (Å²) in [6, 6.07) is 0. The van der Waals surface area contributed by atoms with Gasteiger partial charge in [0.2, 0.25) is 0 Å².